The van der Waals surface area contributed by atoms with Crippen LogP contribution in [0, 0.1) is 6.92 Å². The summed E-state index contributed by atoms with van der Waals surface area (Å²) in [4.78, 5) is 0. The molecule has 0 aliphatic carbocycles. The Hall–Kier alpha value is -0.160. The minimum atomic E-state index is -1.38. The number of hydrogen-bond acceptors (Lipinski definition) is 4. The molecule has 0 aromatic rings. The van der Waals surface area contributed by atoms with Gasteiger partial charge in [0.05, 0.1) is 25.4 Å². The van der Waals surface area contributed by atoms with Gasteiger partial charge in [-0.2, -0.15) is 0 Å². The highest BCUT2D eigenvalue weighted by Gasteiger charge is 2.44. The summed E-state index contributed by atoms with van der Waals surface area (Å²) in [5.41, 5.74) is -1.38. The highest BCUT2D eigenvalue weighted by Crippen LogP contribution is 2.29. The standard InChI is InChI=1S/C7H12O4/c1-5-7(10,4-9)2-6(3-8)11-5/h1,5-6,8-10H,2-4H2/t5-,6-,7?/m0/s1. The molecule has 0 aromatic carbocycles. The van der Waals surface area contributed by atoms with Crippen molar-refractivity contribution in [3.8, 4) is 0 Å². The minimum Gasteiger partial charge on any atom is -0.394 e. The van der Waals surface area contributed by atoms with Gasteiger partial charge < -0.3 is 20.1 Å². The van der Waals surface area contributed by atoms with Crippen molar-refractivity contribution in [2.24, 2.45) is 0 Å². The maximum atomic E-state index is 9.46. The molecule has 0 aromatic heterocycles. The summed E-state index contributed by atoms with van der Waals surface area (Å²) >= 11 is 0. The van der Waals surface area contributed by atoms with Crippen LogP contribution in [-0.4, -0.2) is 46.3 Å². The van der Waals surface area contributed by atoms with E-state index >= 15 is 0 Å². The summed E-state index contributed by atoms with van der Waals surface area (Å²) in [6.45, 7) is 4.72. The van der Waals surface area contributed by atoms with Gasteiger partial charge in [0.15, 0.2) is 0 Å². The third-order valence-electron chi connectivity index (χ3n) is 1.93. The average molecular weight is 160 g/mol. The molecule has 4 nitrogen and oxygen atoms in total. The highest BCUT2D eigenvalue weighted by atomic mass is 16.5. The third-order valence-corrected chi connectivity index (χ3v) is 1.93. The molecule has 2 radical (unpaired) electrons. The van der Waals surface area contributed by atoms with Crippen LogP contribution < -0.4 is 0 Å². The van der Waals surface area contributed by atoms with Gasteiger partial charge in [0.1, 0.15) is 5.60 Å². The Morgan fingerprint density at radius 3 is 2.45 bits per heavy atom. The van der Waals surface area contributed by atoms with Crippen molar-refractivity contribution < 1.29 is 20.1 Å². The lowest BCUT2D eigenvalue weighted by atomic mass is 9.96. The van der Waals surface area contributed by atoms with Crippen LogP contribution in [0.15, 0.2) is 0 Å². The van der Waals surface area contributed by atoms with E-state index in [0.717, 1.165) is 0 Å². The summed E-state index contributed by atoms with van der Waals surface area (Å²) in [6.07, 6.45) is -1.17. The first-order valence-corrected chi connectivity index (χ1v) is 3.47. The number of hydrogen-bond donors (Lipinski definition) is 3. The maximum absolute atomic E-state index is 9.46. The van der Waals surface area contributed by atoms with Crippen LogP contribution >= 0.6 is 0 Å². The SMILES string of the molecule is [CH][C@@H]1O[C@H](CO)CC1(O)CO. The van der Waals surface area contributed by atoms with E-state index in [1.54, 1.807) is 0 Å². The first-order chi connectivity index (χ1) is 5.12. The lowest BCUT2D eigenvalue weighted by Crippen LogP contribution is -2.40. The molecule has 3 atom stereocenters. The van der Waals surface area contributed by atoms with Crippen molar-refractivity contribution in [2.45, 2.75) is 24.2 Å². The molecule has 1 rings (SSSR count). The summed E-state index contributed by atoms with van der Waals surface area (Å²) in [5, 5.41) is 26.8. The molecule has 64 valence electrons. The Morgan fingerprint density at radius 2 is 2.18 bits per heavy atom. The fourth-order valence-electron chi connectivity index (χ4n) is 1.15. The predicted octanol–water partition coefficient (Wildman–Crippen LogP) is -1.43. The van der Waals surface area contributed by atoms with Gasteiger partial charge in [0.25, 0.3) is 0 Å². The Balaban J connectivity index is 2.57. The molecular formula is C7H12O4. The van der Waals surface area contributed by atoms with Gasteiger partial charge in [-0.1, -0.05) is 0 Å². The second-order valence-electron chi connectivity index (χ2n) is 2.83. The molecule has 0 bridgehead atoms. The number of aliphatic hydroxyl groups is 3. The molecule has 3 N–H and O–H groups in total. The van der Waals surface area contributed by atoms with Gasteiger partial charge in [0, 0.05) is 6.42 Å². The smallest absolute Gasteiger partial charge is 0.117 e. The van der Waals surface area contributed by atoms with Crippen LogP contribution in [0.5, 0.6) is 0 Å². The average Bonchev–Trinajstić information content (AvgIpc) is 2.29. The zero-order valence-electron chi connectivity index (χ0n) is 6.10. The lowest BCUT2D eigenvalue weighted by Gasteiger charge is -2.21. The predicted molar refractivity (Wildman–Crippen MR) is 36.7 cm³/mol. The van der Waals surface area contributed by atoms with Gasteiger partial charge in [-0.25, -0.2) is 0 Å². The monoisotopic (exact) mass is 160 g/mol. The Morgan fingerprint density at radius 1 is 1.55 bits per heavy atom. The fraction of sp³-hybridized carbons (Fsp3) is 0.857. The van der Waals surface area contributed by atoms with Crippen LogP contribution in [0.25, 0.3) is 0 Å². The van der Waals surface area contributed by atoms with Crippen molar-refractivity contribution >= 4 is 0 Å². The van der Waals surface area contributed by atoms with E-state index in [4.69, 9.17) is 21.9 Å². The van der Waals surface area contributed by atoms with Crippen molar-refractivity contribution in [1.29, 1.82) is 0 Å². The second-order valence-corrected chi connectivity index (χ2v) is 2.83. The third kappa shape index (κ3) is 1.54. The van der Waals surface area contributed by atoms with Crippen LogP contribution in [0.4, 0.5) is 0 Å². The van der Waals surface area contributed by atoms with Gasteiger partial charge in [-0.05, 0) is 6.92 Å². The van der Waals surface area contributed by atoms with Gasteiger partial charge in [-0.15, -0.1) is 0 Å². The van der Waals surface area contributed by atoms with Crippen molar-refractivity contribution in [3.63, 3.8) is 0 Å². The molecule has 0 saturated carbocycles. The zero-order valence-corrected chi connectivity index (χ0v) is 6.10. The molecule has 0 amide bonds. The molecule has 0 spiro atoms. The minimum absolute atomic E-state index is 0.182. The van der Waals surface area contributed by atoms with Gasteiger partial charge in [0.2, 0.25) is 0 Å². The molecule has 1 saturated heterocycles. The van der Waals surface area contributed by atoms with E-state index in [-0.39, 0.29) is 13.0 Å². The number of aliphatic hydroxyl groups excluding tert-OH is 2. The van der Waals surface area contributed by atoms with Crippen LogP contribution in [-0.2, 0) is 4.74 Å². The molecule has 1 heterocycles. The van der Waals surface area contributed by atoms with Crippen molar-refractivity contribution in [3.05, 3.63) is 6.92 Å². The molecule has 11 heavy (non-hydrogen) atoms. The second kappa shape index (κ2) is 3.06. The number of ether oxygens (including phenoxy) is 1. The van der Waals surface area contributed by atoms with Crippen molar-refractivity contribution in [1.82, 2.24) is 0 Å². The summed E-state index contributed by atoms with van der Waals surface area (Å²) < 4.78 is 4.93. The maximum Gasteiger partial charge on any atom is 0.117 e. The molecule has 4 heteroatoms. The molecule has 1 aliphatic rings. The first-order valence-electron chi connectivity index (χ1n) is 3.47. The summed E-state index contributed by atoms with van der Waals surface area (Å²) in [6, 6.07) is 0. The van der Waals surface area contributed by atoms with Crippen LogP contribution in [0.1, 0.15) is 6.42 Å². The molecule has 1 aliphatic heterocycles. The Bertz CT molecular complexity index is 138. The van der Waals surface area contributed by atoms with Crippen molar-refractivity contribution in [2.75, 3.05) is 13.2 Å². The highest BCUT2D eigenvalue weighted by molar-refractivity contribution is 4.96. The summed E-state index contributed by atoms with van der Waals surface area (Å²) in [7, 11) is 0. The van der Waals surface area contributed by atoms with E-state index < -0.39 is 24.4 Å². The first kappa shape index (κ1) is 8.93. The quantitative estimate of drug-likeness (QED) is 0.463. The lowest BCUT2D eigenvalue weighted by molar-refractivity contribution is -0.0580. The van der Waals surface area contributed by atoms with E-state index in [2.05, 4.69) is 0 Å². The molecule has 1 unspecified atom stereocenters. The normalized spacial score (nSPS) is 44.7. The van der Waals surface area contributed by atoms with E-state index in [9.17, 15) is 5.11 Å². The summed E-state index contributed by atoms with van der Waals surface area (Å²) in [5.74, 6) is 0. The van der Waals surface area contributed by atoms with Gasteiger partial charge >= 0.3 is 0 Å². The van der Waals surface area contributed by atoms with E-state index in [1.165, 1.54) is 0 Å². The molecular weight excluding hydrogens is 148 g/mol. The largest absolute Gasteiger partial charge is 0.394 e. The van der Waals surface area contributed by atoms with Gasteiger partial charge in [-0.3, -0.25) is 0 Å². The van der Waals surface area contributed by atoms with Crippen LogP contribution in [0.2, 0.25) is 0 Å². The van der Waals surface area contributed by atoms with Crippen LogP contribution in [0.3, 0.4) is 0 Å². The van der Waals surface area contributed by atoms with E-state index in [0.29, 0.717) is 0 Å². The van der Waals surface area contributed by atoms with E-state index in [1.807, 2.05) is 0 Å². The number of rotatable bonds is 2. The topological polar surface area (TPSA) is 69.9 Å². The Kier molecular flexibility index (Phi) is 2.49. The zero-order chi connectivity index (χ0) is 8.48. The molecule has 1 fully saturated rings. The fourth-order valence-corrected chi connectivity index (χ4v) is 1.15. The Labute approximate surface area is 65.4 Å².